The summed E-state index contributed by atoms with van der Waals surface area (Å²) in [6, 6.07) is 9.83. The predicted molar refractivity (Wildman–Crippen MR) is 118 cm³/mol. The maximum atomic E-state index is 12.9. The molecular weight excluding hydrogens is 457 g/mol. The van der Waals surface area contributed by atoms with Gasteiger partial charge in [0.15, 0.2) is 0 Å². The highest BCUT2D eigenvalue weighted by Crippen LogP contribution is 2.30. The minimum atomic E-state index is -4.40. The van der Waals surface area contributed by atoms with E-state index in [1.165, 1.54) is 12.1 Å². The zero-order valence-corrected chi connectivity index (χ0v) is 18.6. The number of likely N-dealkylation sites (tertiary alicyclic amines) is 1. The van der Waals surface area contributed by atoms with Crippen molar-refractivity contribution in [2.24, 2.45) is 0 Å². The van der Waals surface area contributed by atoms with Gasteiger partial charge in [-0.15, -0.1) is 0 Å². The van der Waals surface area contributed by atoms with Crippen molar-refractivity contribution in [3.05, 3.63) is 64.5 Å². The molecular formula is C23H22ClF3N4O2. The molecule has 0 saturated carbocycles. The average Bonchev–Trinajstić information content (AvgIpc) is 3.26. The van der Waals surface area contributed by atoms with Gasteiger partial charge in [0.25, 0.3) is 5.91 Å². The Morgan fingerprint density at radius 2 is 1.97 bits per heavy atom. The van der Waals surface area contributed by atoms with Crippen LogP contribution in [0, 0.1) is 0 Å². The normalized spacial score (nSPS) is 16.6. The van der Waals surface area contributed by atoms with Gasteiger partial charge >= 0.3 is 6.18 Å². The van der Waals surface area contributed by atoms with E-state index in [0.717, 1.165) is 37.9 Å². The molecule has 1 N–H and O–H groups in total. The number of piperidine rings is 1. The number of nitrogens with one attached hydrogen (secondary N) is 1. The van der Waals surface area contributed by atoms with Crippen molar-refractivity contribution >= 4 is 23.2 Å². The lowest BCUT2D eigenvalue weighted by Gasteiger charge is -2.33. The van der Waals surface area contributed by atoms with Crippen LogP contribution >= 0.6 is 11.6 Å². The number of hydrogen-bond donors (Lipinski definition) is 1. The Kier molecular flexibility index (Phi) is 6.60. The summed E-state index contributed by atoms with van der Waals surface area (Å²) in [4.78, 5) is 18.9. The third-order valence-electron chi connectivity index (χ3n) is 5.65. The minimum Gasteiger partial charge on any atom is -0.376 e. The maximum Gasteiger partial charge on any atom is 0.416 e. The highest BCUT2D eigenvalue weighted by molar-refractivity contribution is 6.34. The van der Waals surface area contributed by atoms with Gasteiger partial charge in [-0.25, -0.2) is 0 Å². The first-order valence-electron chi connectivity index (χ1n) is 10.6. The van der Waals surface area contributed by atoms with Crippen LogP contribution in [0.1, 0.15) is 48.0 Å². The monoisotopic (exact) mass is 478 g/mol. The topological polar surface area (TPSA) is 71.3 Å². The molecule has 2 heterocycles. The largest absolute Gasteiger partial charge is 0.416 e. The molecule has 6 nitrogen and oxygen atoms in total. The fraction of sp³-hybridized carbons (Fsp3) is 0.348. The van der Waals surface area contributed by atoms with Gasteiger partial charge in [0.1, 0.15) is 0 Å². The highest BCUT2D eigenvalue weighted by atomic mass is 35.5. The zero-order chi connectivity index (χ0) is 23.6. The van der Waals surface area contributed by atoms with E-state index in [2.05, 4.69) is 15.5 Å². The van der Waals surface area contributed by atoms with Gasteiger partial charge in [0, 0.05) is 23.8 Å². The van der Waals surface area contributed by atoms with Gasteiger partial charge in [-0.1, -0.05) is 28.9 Å². The van der Waals surface area contributed by atoms with E-state index in [0.29, 0.717) is 21.8 Å². The zero-order valence-electron chi connectivity index (χ0n) is 17.8. The SMILES string of the molecule is C[C@H]1CCCCN1C(=O)c1ccc(NCc2nc(-c3ccc(C(F)(F)F)cc3)no2)cc1Cl. The molecule has 33 heavy (non-hydrogen) atoms. The molecule has 0 unspecified atom stereocenters. The van der Waals surface area contributed by atoms with Gasteiger partial charge in [0.2, 0.25) is 11.7 Å². The van der Waals surface area contributed by atoms with E-state index in [-0.39, 0.29) is 30.2 Å². The highest BCUT2D eigenvalue weighted by Gasteiger charge is 2.30. The lowest BCUT2D eigenvalue weighted by Crippen LogP contribution is -2.42. The molecule has 0 aliphatic carbocycles. The first-order chi connectivity index (χ1) is 15.7. The molecule has 1 amide bonds. The molecule has 1 saturated heterocycles. The van der Waals surface area contributed by atoms with Crippen LogP contribution < -0.4 is 5.32 Å². The van der Waals surface area contributed by atoms with Crippen molar-refractivity contribution in [1.82, 2.24) is 15.0 Å². The third-order valence-corrected chi connectivity index (χ3v) is 5.96. The van der Waals surface area contributed by atoms with Crippen molar-refractivity contribution < 1.29 is 22.5 Å². The van der Waals surface area contributed by atoms with Gasteiger partial charge < -0.3 is 14.7 Å². The summed E-state index contributed by atoms with van der Waals surface area (Å²) < 4.78 is 43.3. The van der Waals surface area contributed by atoms with Crippen LogP contribution in [-0.2, 0) is 12.7 Å². The molecule has 2 aromatic carbocycles. The molecule has 1 aromatic heterocycles. The van der Waals surface area contributed by atoms with Crippen molar-refractivity contribution in [2.75, 3.05) is 11.9 Å². The second-order valence-corrected chi connectivity index (χ2v) is 8.39. The van der Waals surface area contributed by atoms with Crippen molar-refractivity contribution in [1.29, 1.82) is 0 Å². The number of anilines is 1. The Balaban J connectivity index is 1.39. The summed E-state index contributed by atoms with van der Waals surface area (Å²) in [6.07, 6.45) is -1.30. The van der Waals surface area contributed by atoms with Crippen LogP contribution in [0.2, 0.25) is 5.02 Å². The maximum absolute atomic E-state index is 12.9. The number of carbonyl (C=O) groups excluding carboxylic acids is 1. The summed E-state index contributed by atoms with van der Waals surface area (Å²) in [5, 5.41) is 7.26. The molecule has 10 heteroatoms. The molecule has 1 aliphatic heterocycles. The Hall–Kier alpha value is -3.07. The lowest BCUT2D eigenvalue weighted by atomic mass is 10.0. The van der Waals surface area contributed by atoms with Crippen LogP contribution in [0.5, 0.6) is 0 Å². The average molecular weight is 479 g/mol. The lowest BCUT2D eigenvalue weighted by molar-refractivity contribution is -0.137. The van der Waals surface area contributed by atoms with Crippen molar-refractivity contribution in [3.8, 4) is 11.4 Å². The fourth-order valence-corrected chi connectivity index (χ4v) is 4.04. The van der Waals surface area contributed by atoms with Crippen LogP contribution in [0.4, 0.5) is 18.9 Å². The molecule has 174 valence electrons. The van der Waals surface area contributed by atoms with Gasteiger partial charge in [-0.2, -0.15) is 18.2 Å². The first-order valence-corrected chi connectivity index (χ1v) is 10.9. The summed E-state index contributed by atoms with van der Waals surface area (Å²) in [5.74, 6) is 0.371. The summed E-state index contributed by atoms with van der Waals surface area (Å²) in [5.41, 5.74) is 0.789. The van der Waals surface area contributed by atoms with E-state index >= 15 is 0 Å². The Labute approximate surface area is 193 Å². The standard InChI is InChI=1S/C23H22ClF3N4O2/c1-14-4-2-3-11-31(14)22(32)18-10-9-17(12-19(18)24)28-13-20-29-21(30-33-20)15-5-7-16(8-6-15)23(25,26)27/h5-10,12,14,28H,2-4,11,13H2,1H3/t14-/m0/s1. The number of rotatable bonds is 5. The van der Waals surface area contributed by atoms with E-state index in [9.17, 15) is 18.0 Å². The summed E-state index contributed by atoms with van der Waals surface area (Å²) >= 11 is 6.38. The van der Waals surface area contributed by atoms with Gasteiger partial charge in [0.05, 0.1) is 22.7 Å². The number of halogens is 4. The molecule has 1 atom stereocenters. The van der Waals surface area contributed by atoms with E-state index in [1.54, 1.807) is 18.2 Å². The number of nitrogens with zero attached hydrogens (tertiary/aromatic N) is 3. The van der Waals surface area contributed by atoms with E-state index < -0.39 is 11.7 Å². The van der Waals surface area contributed by atoms with E-state index in [1.807, 2.05) is 11.8 Å². The van der Waals surface area contributed by atoms with Crippen LogP contribution in [0.15, 0.2) is 47.0 Å². The first kappa shape index (κ1) is 23.1. The molecule has 0 radical (unpaired) electrons. The van der Waals surface area contributed by atoms with E-state index in [4.69, 9.17) is 16.1 Å². The number of alkyl halides is 3. The van der Waals surface area contributed by atoms with Crippen molar-refractivity contribution in [2.45, 2.75) is 44.9 Å². The number of benzene rings is 2. The van der Waals surface area contributed by atoms with Crippen LogP contribution in [0.3, 0.4) is 0 Å². The molecule has 1 aliphatic rings. The number of hydrogen-bond acceptors (Lipinski definition) is 5. The van der Waals surface area contributed by atoms with Gasteiger partial charge in [-0.05, 0) is 56.5 Å². The molecule has 4 rings (SSSR count). The fourth-order valence-electron chi connectivity index (χ4n) is 3.78. The molecule has 1 fully saturated rings. The molecule has 0 bridgehead atoms. The van der Waals surface area contributed by atoms with Gasteiger partial charge in [-0.3, -0.25) is 4.79 Å². The summed E-state index contributed by atoms with van der Waals surface area (Å²) in [6.45, 7) is 2.96. The van der Waals surface area contributed by atoms with Crippen LogP contribution in [0.25, 0.3) is 11.4 Å². The number of amides is 1. The van der Waals surface area contributed by atoms with Crippen LogP contribution in [-0.4, -0.2) is 33.5 Å². The summed E-state index contributed by atoms with van der Waals surface area (Å²) in [7, 11) is 0. The quantitative estimate of drug-likeness (QED) is 0.484. The van der Waals surface area contributed by atoms with Crippen molar-refractivity contribution in [3.63, 3.8) is 0 Å². The Morgan fingerprint density at radius 1 is 1.21 bits per heavy atom. The second kappa shape index (κ2) is 9.43. The second-order valence-electron chi connectivity index (χ2n) is 7.98. The molecule has 0 spiro atoms. The predicted octanol–water partition coefficient (Wildman–Crippen LogP) is 6.04. The minimum absolute atomic E-state index is 0.0724. The smallest absolute Gasteiger partial charge is 0.376 e. The Bertz CT molecular complexity index is 1130. The Morgan fingerprint density at radius 3 is 2.64 bits per heavy atom. The number of carbonyl (C=O) groups is 1. The number of aromatic nitrogens is 2. The third kappa shape index (κ3) is 5.30. The molecule has 3 aromatic rings.